The van der Waals surface area contributed by atoms with Crippen LogP contribution in [0.3, 0.4) is 0 Å². The highest BCUT2D eigenvalue weighted by molar-refractivity contribution is 5.50. The lowest BCUT2D eigenvalue weighted by atomic mass is 10.00. The molecule has 1 aliphatic carbocycles. The van der Waals surface area contributed by atoms with E-state index in [0.29, 0.717) is 6.04 Å². The summed E-state index contributed by atoms with van der Waals surface area (Å²) in [7, 11) is 0. The first-order chi connectivity index (χ1) is 7.33. The zero-order valence-electron chi connectivity index (χ0n) is 8.70. The normalized spacial score (nSPS) is 24.4. The summed E-state index contributed by atoms with van der Waals surface area (Å²) in [4.78, 5) is 0. The number of nitrogens with two attached hydrogens (primary N) is 1. The van der Waals surface area contributed by atoms with Crippen molar-refractivity contribution < 1.29 is 4.74 Å². The Morgan fingerprint density at radius 2 is 2.13 bits per heavy atom. The number of hydrogen-bond donors (Lipinski definition) is 2. The van der Waals surface area contributed by atoms with Crippen molar-refractivity contribution in [2.45, 2.75) is 31.3 Å². The lowest BCUT2D eigenvalue weighted by Crippen LogP contribution is -2.28. The number of rotatable bonds is 2. The van der Waals surface area contributed by atoms with Crippen LogP contribution in [0.4, 0.5) is 5.69 Å². The van der Waals surface area contributed by atoms with E-state index in [-0.39, 0.29) is 0 Å². The summed E-state index contributed by atoms with van der Waals surface area (Å²) in [5.74, 6) is 0.958. The van der Waals surface area contributed by atoms with E-state index in [4.69, 9.17) is 10.5 Å². The summed E-state index contributed by atoms with van der Waals surface area (Å²) in [5, 5.41) is 3.65. The molecule has 80 valence electrons. The average molecular weight is 204 g/mol. The molecule has 1 aromatic rings. The van der Waals surface area contributed by atoms with Gasteiger partial charge in [-0.15, -0.1) is 0 Å². The van der Waals surface area contributed by atoms with Gasteiger partial charge in [0.15, 0.2) is 0 Å². The summed E-state index contributed by atoms with van der Waals surface area (Å²) < 4.78 is 5.62. The van der Waals surface area contributed by atoms with Crippen molar-refractivity contribution in [3.8, 4) is 5.75 Å². The molecule has 0 aromatic heterocycles. The molecule has 1 saturated carbocycles. The van der Waals surface area contributed by atoms with Gasteiger partial charge in [-0.05, 0) is 18.9 Å². The first kappa shape index (κ1) is 9.04. The molecule has 1 aromatic carbocycles. The van der Waals surface area contributed by atoms with E-state index < -0.39 is 0 Å². The molecule has 0 saturated heterocycles. The van der Waals surface area contributed by atoms with Gasteiger partial charge in [0.25, 0.3) is 0 Å². The van der Waals surface area contributed by atoms with Gasteiger partial charge < -0.3 is 15.8 Å². The molecule has 1 atom stereocenters. The third-order valence-corrected chi connectivity index (χ3v) is 3.09. The molecular weight excluding hydrogens is 188 g/mol. The molecule has 3 N–H and O–H groups in total. The highest BCUT2D eigenvalue weighted by Gasteiger charge is 2.28. The Balaban J connectivity index is 1.87. The Morgan fingerprint density at radius 1 is 1.27 bits per heavy atom. The second kappa shape index (κ2) is 3.42. The molecule has 0 radical (unpaired) electrons. The molecule has 0 amide bonds. The quantitative estimate of drug-likeness (QED) is 0.723. The Bertz CT molecular complexity index is 374. The van der Waals surface area contributed by atoms with E-state index in [1.807, 2.05) is 12.1 Å². The molecule has 0 spiro atoms. The van der Waals surface area contributed by atoms with Gasteiger partial charge in [0.2, 0.25) is 0 Å². The largest absolute Gasteiger partial charge is 0.493 e. The summed E-state index contributed by atoms with van der Waals surface area (Å²) in [6.07, 6.45) is 3.71. The Labute approximate surface area is 89.6 Å². The fraction of sp³-hybridized carbons (Fsp3) is 0.500. The van der Waals surface area contributed by atoms with Crippen LogP contribution in [0, 0.1) is 0 Å². The first-order valence-corrected chi connectivity index (χ1v) is 5.61. The zero-order chi connectivity index (χ0) is 10.3. The van der Waals surface area contributed by atoms with Gasteiger partial charge in [0, 0.05) is 35.8 Å². The monoisotopic (exact) mass is 204 g/mol. The number of nitrogens with one attached hydrogen (secondary N) is 1. The van der Waals surface area contributed by atoms with Crippen molar-refractivity contribution in [2.24, 2.45) is 0 Å². The minimum absolute atomic E-state index is 0.460. The van der Waals surface area contributed by atoms with Crippen LogP contribution in [0.2, 0.25) is 0 Å². The maximum absolute atomic E-state index is 5.74. The van der Waals surface area contributed by atoms with Gasteiger partial charge in [-0.3, -0.25) is 0 Å². The lowest BCUT2D eigenvalue weighted by Gasteiger charge is -2.27. The smallest absolute Gasteiger partial charge is 0.126 e. The van der Waals surface area contributed by atoms with Gasteiger partial charge >= 0.3 is 0 Å². The van der Waals surface area contributed by atoms with Gasteiger partial charge in [-0.25, -0.2) is 0 Å². The SMILES string of the molecule is Nc1ccc2c(c1)OCCC2NC1CC1. The van der Waals surface area contributed by atoms with Crippen molar-refractivity contribution in [3.63, 3.8) is 0 Å². The second-order valence-corrected chi connectivity index (χ2v) is 4.43. The number of hydrogen-bond acceptors (Lipinski definition) is 3. The van der Waals surface area contributed by atoms with Crippen LogP contribution in [0.15, 0.2) is 18.2 Å². The molecule has 1 heterocycles. The zero-order valence-corrected chi connectivity index (χ0v) is 8.70. The molecule has 0 bridgehead atoms. The molecule has 3 nitrogen and oxygen atoms in total. The van der Waals surface area contributed by atoms with Gasteiger partial charge in [0.1, 0.15) is 5.75 Å². The van der Waals surface area contributed by atoms with Crippen molar-refractivity contribution >= 4 is 5.69 Å². The van der Waals surface area contributed by atoms with E-state index in [9.17, 15) is 0 Å². The minimum atomic E-state index is 0.460. The number of fused-ring (bicyclic) bond motifs is 1. The van der Waals surface area contributed by atoms with Crippen molar-refractivity contribution in [3.05, 3.63) is 23.8 Å². The maximum Gasteiger partial charge on any atom is 0.126 e. The maximum atomic E-state index is 5.74. The third kappa shape index (κ3) is 1.79. The Kier molecular flexibility index (Phi) is 2.06. The highest BCUT2D eigenvalue weighted by atomic mass is 16.5. The molecule has 1 unspecified atom stereocenters. The second-order valence-electron chi connectivity index (χ2n) is 4.43. The Hall–Kier alpha value is -1.22. The summed E-state index contributed by atoms with van der Waals surface area (Å²) in [5.41, 5.74) is 7.79. The van der Waals surface area contributed by atoms with Crippen molar-refractivity contribution in [2.75, 3.05) is 12.3 Å². The molecule has 2 aliphatic rings. The fourth-order valence-electron chi connectivity index (χ4n) is 2.11. The molecule has 15 heavy (non-hydrogen) atoms. The number of nitrogen functional groups attached to an aromatic ring is 1. The fourth-order valence-corrected chi connectivity index (χ4v) is 2.11. The molecule has 3 rings (SSSR count). The van der Waals surface area contributed by atoms with Crippen molar-refractivity contribution in [1.29, 1.82) is 0 Å². The van der Waals surface area contributed by atoms with Crippen LogP contribution in [0.25, 0.3) is 0 Å². The molecular formula is C12H16N2O. The summed E-state index contributed by atoms with van der Waals surface area (Å²) in [6.45, 7) is 0.792. The lowest BCUT2D eigenvalue weighted by molar-refractivity contribution is 0.252. The van der Waals surface area contributed by atoms with Crippen LogP contribution in [0.5, 0.6) is 5.75 Å². The van der Waals surface area contributed by atoms with E-state index in [1.54, 1.807) is 0 Å². The standard InChI is InChI=1S/C12H16N2O/c13-8-1-4-10-11(14-9-2-3-9)5-6-15-12(10)7-8/h1,4,7,9,11,14H,2-3,5-6,13H2. The number of ether oxygens (including phenoxy) is 1. The first-order valence-electron chi connectivity index (χ1n) is 5.61. The van der Waals surface area contributed by atoms with E-state index in [0.717, 1.165) is 30.5 Å². The average Bonchev–Trinajstić information content (AvgIpc) is 3.01. The summed E-state index contributed by atoms with van der Waals surface area (Å²) in [6, 6.07) is 7.16. The minimum Gasteiger partial charge on any atom is -0.493 e. The van der Waals surface area contributed by atoms with E-state index in [2.05, 4.69) is 11.4 Å². The highest BCUT2D eigenvalue weighted by Crippen LogP contribution is 2.35. The van der Waals surface area contributed by atoms with Crippen molar-refractivity contribution in [1.82, 2.24) is 5.32 Å². The van der Waals surface area contributed by atoms with Gasteiger partial charge in [0.05, 0.1) is 6.61 Å². The van der Waals surface area contributed by atoms with E-state index >= 15 is 0 Å². The predicted octanol–water partition coefficient (Wildman–Crippen LogP) is 1.84. The molecule has 3 heteroatoms. The van der Waals surface area contributed by atoms with Crippen LogP contribution in [0.1, 0.15) is 30.9 Å². The molecule has 1 fully saturated rings. The van der Waals surface area contributed by atoms with Crippen LogP contribution in [-0.2, 0) is 0 Å². The predicted molar refractivity (Wildman–Crippen MR) is 59.9 cm³/mol. The van der Waals surface area contributed by atoms with Gasteiger partial charge in [-0.2, -0.15) is 0 Å². The Morgan fingerprint density at radius 3 is 2.93 bits per heavy atom. The van der Waals surface area contributed by atoms with Crippen LogP contribution < -0.4 is 15.8 Å². The van der Waals surface area contributed by atoms with E-state index in [1.165, 1.54) is 18.4 Å². The third-order valence-electron chi connectivity index (χ3n) is 3.09. The molecule has 1 aliphatic heterocycles. The van der Waals surface area contributed by atoms with Crippen LogP contribution >= 0.6 is 0 Å². The topological polar surface area (TPSA) is 47.3 Å². The van der Waals surface area contributed by atoms with Gasteiger partial charge in [-0.1, -0.05) is 6.07 Å². The van der Waals surface area contributed by atoms with Crippen LogP contribution in [-0.4, -0.2) is 12.6 Å². The number of benzene rings is 1. The summed E-state index contributed by atoms with van der Waals surface area (Å²) >= 11 is 0. The number of anilines is 1.